The number of likely N-dealkylation sites (N-methyl/N-ethyl adjacent to an activating group) is 1. The predicted octanol–water partition coefficient (Wildman–Crippen LogP) is 3.00. The lowest BCUT2D eigenvalue weighted by Gasteiger charge is -2.33. The van der Waals surface area contributed by atoms with Gasteiger partial charge in [-0.2, -0.15) is 13.2 Å². The molecule has 0 aliphatic carbocycles. The van der Waals surface area contributed by atoms with Gasteiger partial charge in [0.2, 0.25) is 5.91 Å². The van der Waals surface area contributed by atoms with Gasteiger partial charge in [0.1, 0.15) is 5.75 Å². The van der Waals surface area contributed by atoms with Gasteiger partial charge in [-0.3, -0.25) is 4.79 Å². The molecule has 2 unspecified atom stereocenters. The summed E-state index contributed by atoms with van der Waals surface area (Å²) in [4.78, 5) is 14.9. The molecule has 0 aromatic heterocycles. The van der Waals surface area contributed by atoms with Gasteiger partial charge in [-0.1, -0.05) is 13.8 Å². The van der Waals surface area contributed by atoms with E-state index < -0.39 is 23.4 Å². The molecule has 1 fully saturated rings. The van der Waals surface area contributed by atoms with Gasteiger partial charge < -0.3 is 20.3 Å². The van der Waals surface area contributed by atoms with Gasteiger partial charge in [0.15, 0.2) is 6.23 Å². The Balaban J connectivity index is 1.77. The van der Waals surface area contributed by atoms with E-state index in [1.54, 1.807) is 4.90 Å². The zero-order valence-electron chi connectivity index (χ0n) is 16.5. The lowest BCUT2D eigenvalue weighted by Crippen LogP contribution is -2.43. The second-order valence-corrected chi connectivity index (χ2v) is 7.94. The molecule has 1 amide bonds. The lowest BCUT2D eigenvalue weighted by molar-refractivity contribution is -0.142. The summed E-state index contributed by atoms with van der Waals surface area (Å²) in [6.07, 6.45) is -3.61. The van der Waals surface area contributed by atoms with Crippen LogP contribution in [0.3, 0.4) is 0 Å². The summed E-state index contributed by atoms with van der Waals surface area (Å²) in [7, 11) is 1.88. The van der Waals surface area contributed by atoms with E-state index in [0.717, 1.165) is 25.2 Å². The van der Waals surface area contributed by atoms with Crippen molar-refractivity contribution in [3.63, 3.8) is 0 Å². The average molecular weight is 399 g/mol. The van der Waals surface area contributed by atoms with E-state index in [1.807, 2.05) is 20.9 Å². The van der Waals surface area contributed by atoms with Crippen LogP contribution in [0.2, 0.25) is 0 Å². The summed E-state index contributed by atoms with van der Waals surface area (Å²) < 4.78 is 45.0. The summed E-state index contributed by atoms with van der Waals surface area (Å²) in [5.41, 5.74) is -0.874. The number of fused-ring (bicyclic) bond motifs is 2. The number of alkyl halides is 3. The summed E-state index contributed by atoms with van der Waals surface area (Å²) in [6, 6.07) is 3.49. The van der Waals surface area contributed by atoms with Crippen molar-refractivity contribution in [1.29, 1.82) is 0 Å². The number of halogens is 3. The smallest absolute Gasteiger partial charge is 0.416 e. The highest BCUT2D eigenvalue weighted by Gasteiger charge is 2.55. The fourth-order valence-corrected chi connectivity index (χ4v) is 4.16. The van der Waals surface area contributed by atoms with E-state index in [0.29, 0.717) is 30.7 Å². The monoisotopic (exact) mass is 399 g/mol. The molecule has 2 atom stereocenters. The van der Waals surface area contributed by atoms with E-state index in [9.17, 15) is 18.0 Å². The molecule has 1 saturated heterocycles. The standard InChI is InChI=1S/C20H28F3N3O2/c1-13(2)19(6-7-25-9-8-24-3)11-17-26(18(19)27)12-14-10-15(20(21,22)23)4-5-16(14)28-17/h4-5,10,13,17,24-25H,6-9,11-12H2,1-3H3. The van der Waals surface area contributed by atoms with Crippen LogP contribution in [0.5, 0.6) is 5.75 Å². The molecule has 28 heavy (non-hydrogen) atoms. The van der Waals surface area contributed by atoms with Crippen LogP contribution in [0.25, 0.3) is 0 Å². The fourth-order valence-electron chi connectivity index (χ4n) is 4.16. The molecule has 1 aromatic carbocycles. The Morgan fingerprint density at radius 3 is 2.68 bits per heavy atom. The SMILES string of the molecule is CNCCNCCC1(C(C)C)CC2Oc3ccc(C(F)(F)F)cc3CN2C1=O. The van der Waals surface area contributed by atoms with Gasteiger partial charge in [0.25, 0.3) is 0 Å². The van der Waals surface area contributed by atoms with Gasteiger partial charge in [-0.05, 0) is 44.1 Å². The number of rotatable bonds is 7. The molecule has 0 bridgehead atoms. The zero-order valence-corrected chi connectivity index (χ0v) is 16.5. The molecule has 2 heterocycles. The van der Waals surface area contributed by atoms with E-state index in [4.69, 9.17) is 4.74 Å². The van der Waals surface area contributed by atoms with Crippen LogP contribution in [-0.2, 0) is 17.5 Å². The van der Waals surface area contributed by atoms with Crippen molar-refractivity contribution in [2.45, 2.75) is 45.6 Å². The number of hydrogen-bond acceptors (Lipinski definition) is 4. The minimum absolute atomic E-state index is 0.0222. The molecule has 2 N–H and O–H groups in total. The second-order valence-electron chi connectivity index (χ2n) is 7.94. The Labute approximate surface area is 163 Å². The maximum absolute atomic E-state index is 13.3. The van der Waals surface area contributed by atoms with Crippen molar-refractivity contribution >= 4 is 5.91 Å². The molecule has 0 spiro atoms. The van der Waals surface area contributed by atoms with Crippen LogP contribution >= 0.6 is 0 Å². The van der Waals surface area contributed by atoms with Crippen LogP contribution in [0.4, 0.5) is 13.2 Å². The Kier molecular flexibility index (Phi) is 5.91. The summed E-state index contributed by atoms with van der Waals surface area (Å²) in [6.45, 7) is 6.57. The minimum atomic E-state index is -4.42. The number of benzene rings is 1. The number of carbonyl (C=O) groups is 1. The van der Waals surface area contributed by atoms with Crippen LogP contribution in [0.15, 0.2) is 18.2 Å². The molecule has 3 rings (SSSR count). The third-order valence-electron chi connectivity index (χ3n) is 5.97. The zero-order chi connectivity index (χ0) is 20.5. The van der Waals surface area contributed by atoms with E-state index >= 15 is 0 Å². The molecular weight excluding hydrogens is 371 g/mol. The fraction of sp³-hybridized carbons (Fsp3) is 0.650. The summed E-state index contributed by atoms with van der Waals surface area (Å²) in [5, 5.41) is 6.40. The molecule has 5 nitrogen and oxygen atoms in total. The number of nitrogens with one attached hydrogen (secondary N) is 2. The maximum atomic E-state index is 13.3. The third kappa shape index (κ3) is 3.85. The van der Waals surface area contributed by atoms with Crippen molar-refractivity contribution in [2.24, 2.45) is 11.3 Å². The molecule has 0 saturated carbocycles. The molecule has 2 aliphatic heterocycles. The minimum Gasteiger partial charge on any atom is -0.470 e. The normalized spacial score (nSPS) is 24.3. The Morgan fingerprint density at radius 1 is 1.29 bits per heavy atom. The van der Waals surface area contributed by atoms with Crippen molar-refractivity contribution in [3.05, 3.63) is 29.3 Å². The summed E-state index contributed by atoms with van der Waals surface area (Å²) >= 11 is 0. The number of nitrogens with zero attached hydrogens (tertiary/aromatic N) is 1. The maximum Gasteiger partial charge on any atom is 0.416 e. The van der Waals surface area contributed by atoms with Gasteiger partial charge in [0.05, 0.1) is 17.5 Å². The molecule has 0 radical (unpaired) electrons. The first-order valence-corrected chi connectivity index (χ1v) is 9.72. The number of amides is 1. The Morgan fingerprint density at radius 2 is 2.04 bits per heavy atom. The van der Waals surface area contributed by atoms with Crippen LogP contribution < -0.4 is 15.4 Å². The quantitative estimate of drug-likeness (QED) is 0.693. The van der Waals surface area contributed by atoms with Crippen LogP contribution in [-0.4, -0.2) is 43.7 Å². The van der Waals surface area contributed by atoms with Crippen molar-refractivity contribution in [2.75, 3.05) is 26.7 Å². The molecule has 156 valence electrons. The number of ether oxygens (including phenoxy) is 1. The number of carbonyl (C=O) groups excluding carboxylic acids is 1. The topological polar surface area (TPSA) is 53.6 Å². The first-order valence-electron chi connectivity index (χ1n) is 9.72. The van der Waals surface area contributed by atoms with Crippen molar-refractivity contribution < 1.29 is 22.7 Å². The molecular formula is C20H28F3N3O2. The average Bonchev–Trinajstić information content (AvgIpc) is 2.91. The van der Waals surface area contributed by atoms with Crippen molar-refractivity contribution in [3.8, 4) is 5.75 Å². The predicted molar refractivity (Wildman–Crippen MR) is 99.7 cm³/mol. The number of hydrogen-bond donors (Lipinski definition) is 2. The van der Waals surface area contributed by atoms with E-state index in [-0.39, 0.29) is 18.4 Å². The highest BCUT2D eigenvalue weighted by Crippen LogP contribution is 2.48. The van der Waals surface area contributed by atoms with Gasteiger partial charge >= 0.3 is 6.18 Å². The third-order valence-corrected chi connectivity index (χ3v) is 5.97. The van der Waals surface area contributed by atoms with Crippen LogP contribution in [0.1, 0.15) is 37.8 Å². The first kappa shape index (κ1) is 20.9. The van der Waals surface area contributed by atoms with Gasteiger partial charge in [-0.15, -0.1) is 0 Å². The van der Waals surface area contributed by atoms with Crippen LogP contribution in [0, 0.1) is 11.3 Å². The van der Waals surface area contributed by atoms with E-state index in [2.05, 4.69) is 10.6 Å². The Bertz CT molecular complexity index is 723. The van der Waals surface area contributed by atoms with Gasteiger partial charge in [0, 0.05) is 25.1 Å². The first-order chi connectivity index (χ1) is 13.2. The highest BCUT2D eigenvalue weighted by atomic mass is 19.4. The molecule has 8 heteroatoms. The second kappa shape index (κ2) is 7.91. The Hall–Kier alpha value is -1.80. The molecule has 2 aliphatic rings. The van der Waals surface area contributed by atoms with E-state index in [1.165, 1.54) is 6.07 Å². The lowest BCUT2D eigenvalue weighted by atomic mass is 9.73. The largest absolute Gasteiger partial charge is 0.470 e. The summed E-state index contributed by atoms with van der Waals surface area (Å²) in [5.74, 6) is 0.522. The molecule has 1 aromatic rings. The van der Waals surface area contributed by atoms with Gasteiger partial charge in [-0.25, -0.2) is 0 Å². The highest BCUT2D eigenvalue weighted by molar-refractivity contribution is 5.86. The van der Waals surface area contributed by atoms with Crippen molar-refractivity contribution in [1.82, 2.24) is 15.5 Å².